The van der Waals surface area contributed by atoms with Crippen LogP contribution in [0.1, 0.15) is 27.2 Å². The Morgan fingerprint density at radius 1 is 1.16 bits per heavy atom. The highest BCUT2D eigenvalue weighted by Gasteiger charge is 2.37. The van der Waals surface area contributed by atoms with Crippen LogP contribution in [0.3, 0.4) is 0 Å². The molecule has 0 N–H and O–H groups in total. The minimum Gasteiger partial charge on any atom is -0.429 e. The molecule has 9 heteroatoms. The Balaban J connectivity index is 1.98. The van der Waals surface area contributed by atoms with Crippen LogP contribution in [0.5, 0.6) is 5.75 Å². The SMILES string of the molecule is CC(C)(C)OC(=O)OC1CCN(c2ccc(OC(F)(F)F)cc2)C1=O. The van der Waals surface area contributed by atoms with E-state index in [1.807, 2.05) is 0 Å². The van der Waals surface area contributed by atoms with Crippen LogP contribution in [0.25, 0.3) is 0 Å². The van der Waals surface area contributed by atoms with Crippen LogP contribution in [-0.4, -0.2) is 36.7 Å². The van der Waals surface area contributed by atoms with Gasteiger partial charge in [-0.2, -0.15) is 0 Å². The van der Waals surface area contributed by atoms with Crippen molar-refractivity contribution in [1.29, 1.82) is 0 Å². The van der Waals surface area contributed by atoms with E-state index in [4.69, 9.17) is 9.47 Å². The molecule has 0 spiro atoms. The molecule has 1 aromatic rings. The van der Waals surface area contributed by atoms with E-state index < -0.39 is 30.1 Å². The maximum atomic E-state index is 12.3. The minimum absolute atomic E-state index is 0.263. The second kappa shape index (κ2) is 6.81. The van der Waals surface area contributed by atoms with E-state index in [0.717, 1.165) is 12.1 Å². The van der Waals surface area contributed by atoms with Crippen LogP contribution in [0.4, 0.5) is 23.7 Å². The Morgan fingerprint density at radius 2 is 1.76 bits per heavy atom. The molecular formula is C16H18F3NO5. The molecule has 0 bridgehead atoms. The van der Waals surface area contributed by atoms with Crippen molar-refractivity contribution < 1.29 is 37.0 Å². The highest BCUT2D eigenvalue weighted by Crippen LogP contribution is 2.28. The lowest BCUT2D eigenvalue weighted by Crippen LogP contribution is -2.34. The molecule has 6 nitrogen and oxygen atoms in total. The number of hydrogen-bond donors (Lipinski definition) is 0. The molecule has 1 fully saturated rings. The van der Waals surface area contributed by atoms with E-state index in [0.29, 0.717) is 5.69 Å². The van der Waals surface area contributed by atoms with Gasteiger partial charge in [0.15, 0.2) is 6.10 Å². The number of carbonyl (C=O) groups is 2. The zero-order valence-corrected chi connectivity index (χ0v) is 13.9. The third-order valence-corrected chi connectivity index (χ3v) is 3.17. The summed E-state index contributed by atoms with van der Waals surface area (Å²) in [6.07, 6.45) is -6.45. The van der Waals surface area contributed by atoms with Gasteiger partial charge in [0, 0.05) is 18.7 Å². The molecule has 0 saturated carbocycles. The van der Waals surface area contributed by atoms with Crippen LogP contribution in [0.2, 0.25) is 0 Å². The number of amides is 1. The van der Waals surface area contributed by atoms with Crippen molar-refractivity contribution in [1.82, 2.24) is 0 Å². The largest absolute Gasteiger partial charge is 0.573 e. The minimum atomic E-state index is -4.78. The van der Waals surface area contributed by atoms with Gasteiger partial charge in [0.25, 0.3) is 5.91 Å². The van der Waals surface area contributed by atoms with E-state index in [2.05, 4.69) is 4.74 Å². The molecule has 25 heavy (non-hydrogen) atoms. The molecule has 1 unspecified atom stereocenters. The van der Waals surface area contributed by atoms with E-state index in [-0.39, 0.29) is 18.7 Å². The molecule has 1 atom stereocenters. The maximum Gasteiger partial charge on any atom is 0.573 e. The summed E-state index contributed by atoms with van der Waals surface area (Å²) in [7, 11) is 0. The lowest BCUT2D eigenvalue weighted by Gasteiger charge is -2.21. The third-order valence-electron chi connectivity index (χ3n) is 3.17. The molecule has 0 aromatic heterocycles. The third kappa shape index (κ3) is 5.54. The van der Waals surface area contributed by atoms with Gasteiger partial charge in [-0.25, -0.2) is 4.79 Å². The van der Waals surface area contributed by atoms with Gasteiger partial charge in [-0.3, -0.25) is 4.79 Å². The summed E-state index contributed by atoms with van der Waals surface area (Å²) in [5.74, 6) is -0.847. The van der Waals surface area contributed by atoms with E-state index in [1.54, 1.807) is 20.8 Å². The van der Waals surface area contributed by atoms with E-state index in [1.165, 1.54) is 17.0 Å². The quantitative estimate of drug-likeness (QED) is 0.769. The number of nitrogens with zero attached hydrogens (tertiary/aromatic N) is 1. The summed E-state index contributed by atoms with van der Waals surface area (Å²) in [4.78, 5) is 25.3. The smallest absolute Gasteiger partial charge is 0.429 e. The van der Waals surface area contributed by atoms with Gasteiger partial charge in [0.2, 0.25) is 0 Å². The van der Waals surface area contributed by atoms with Gasteiger partial charge in [0.1, 0.15) is 11.4 Å². The van der Waals surface area contributed by atoms with Crippen LogP contribution in [-0.2, 0) is 14.3 Å². The van der Waals surface area contributed by atoms with Crippen LogP contribution < -0.4 is 9.64 Å². The first-order valence-electron chi connectivity index (χ1n) is 7.51. The van der Waals surface area contributed by atoms with Crippen molar-refractivity contribution >= 4 is 17.7 Å². The lowest BCUT2D eigenvalue weighted by atomic mass is 10.2. The standard InChI is InChI=1S/C16H18F3NO5/c1-15(2,3)25-14(22)23-12-8-9-20(13(12)21)10-4-6-11(7-5-10)24-16(17,18)19/h4-7,12H,8-9H2,1-3H3. The number of carbonyl (C=O) groups excluding carboxylic acids is 2. The number of rotatable bonds is 3. The maximum absolute atomic E-state index is 12.3. The Hall–Kier alpha value is -2.45. The lowest BCUT2D eigenvalue weighted by molar-refractivity contribution is -0.274. The van der Waals surface area contributed by atoms with Gasteiger partial charge < -0.3 is 19.1 Å². The molecule has 1 aliphatic heterocycles. The van der Waals surface area contributed by atoms with Crippen molar-refractivity contribution in [3.05, 3.63) is 24.3 Å². The predicted octanol–water partition coefficient (Wildman–Crippen LogP) is 3.64. The van der Waals surface area contributed by atoms with Gasteiger partial charge in [0.05, 0.1) is 0 Å². The summed E-state index contributed by atoms with van der Waals surface area (Å²) in [5, 5.41) is 0. The molecule has 1 aliphatic rings. The highest BCUT2D eigenvalue weighted by atomic mass is 19.4. The Morgan fingerprint density at radius 3 is 2.28 bits per heavy atom. The first kappa shape index (κ1) is 18.9. The molecule has 1 heterocycles. The zero-order valence-electron chi connectivity index (χ0n) is 13.9. The van der Waals surface area contributed by atoms with E-state index >= 15 is 0 Å². The number of hydrogen-bond acceptors (Lipinski definition) is 5. The monoisotopic (exact) mass is 361 g/mol. The Bertz CT molecular complexity index is 637. The zero-order chi connectivity index (χ0) is 18.8. The molecule has 1 aromatic carbocycles. The summed E-state index contributed by atoms with van der Waals surface area (Å²) in [6, 6.07) is 4.87. The van der Waals surface area contributed by atoms with Gasteiger partial charge in [-0.05, 0) is 45.0 Å². The van der Waals surface area contributed by atoms with Crippen LogP contribution >= 0.6 is 0 Å². The summed E-state index contributed by atoms with van der Waals surface area (Å²) in [5.41, 5.74) is -0.359. The molecule has 0 radical (unpaired) electrons. The number of halogens is 3. The van der Waals surface area contributed by atoms with Crippen molar-refractivity contribution in [2.45, 2.75) is 45.3 Å². The Kier molecular flexibility index (Phi) is 5.15. The predicted molar refractivity (Wildman–Crippen MR) is 81.2 cm³/mol. The van der Waals surface area contributed by atoms with Crippen molar-refractivity contribution in [2.24, 2.45) is 0 Å². The van der Waals surface area contributed by atoms with Crippen molar-refractivity contribution in [3.8, 4) is 5.75 Å². The molecule has 0 aliphatic carbocycles. The van der Waals surface area contributed by atoms with Gasteiger partial charge in [-0.15, -0.1) is 13.2 Å². The number of benzene rings is 1. The average Bonchev–Trinajstić information content (AvgIpc) is 2.77. The fourth-order valence-electron chi connectivity index (χ4n) is 2.24. The molecular weight excluding hydrogens is 343 g/mol. The fraction of sp³-hybridized carbons (Fsp3) is 0.500. The van der Waals surface area contributed by atoms with Gasteiger partial charge >= 0.3 is 12.5 Å². The molecule has 1 amide bonds. The average molecular weight is 361 g/mol. The van der Waals surface area contributed by atoms with Crippen molar-refractivity contribution in [2.75, 3.05) is 11.4 Å². The summed E-state index contributed by atoms with van der Waals surface area (Å²) >= 11 is 0. The highest BCUT2D eigenvalue weighted by molar-refractivity contribution is 5.99. The molecule has 1 saturated heterocycles. The van der Waals surface area contributed by atoms with Crippen molar-refractivity contribution in [3.63, 3.8) is 0 Å². The van der Waals surface area contributed by atoms with Crippen LogP contribution in [0, 0.1) is 0 Å². The number of alkyl halides is 3. The Labute approximate surface area is 142 Å². The van der Waals surface area contributed by atoms with Crippen LogP contribution in [0.15, 0.2) is 24.3 Å². The van der Waals surface area contributed by atoms with E-state index in [9.17, 15) is 22.8 Å². The number of ether oxygens (including phenoxy) is 3. The normalized spacial score (nSPS) is 18.2. The first-order chi connectivity index (χ1) is 11.4. The second-order valence-corrected chi connectivity index (χ2v) is 6.39. The molecule has 2 rings (SSSR count). The summed E-state index contributed by atoms with van der Waals surface area (Å²) in [6.45, 7) is 5.27. The first-order valence-corrected chi connectivity index (χ1v) is 7.51. The fourth-order valence-corrected chi connectivity index (χ4v) is 2.24. The number of anilines is 1. The summed E-state index contributed by atoms with van der Waals surface area (Å²) < 4.78 is 50.2. The molecule has 138 valence electrons. The second-order valence-electron chi connectivity index (χ2n) is 6.39. The topological polar surface area (TPSA) is 65.1 Å². The van der Waals surface area contributed by atoms with Gasteiger partial charge in [-0.1, -0.05) is 0 Å².